The van der Waals surface area contributed by atoms with Crippen molar-refractivity contribution < 1.29 is 4.79 Å². The number of hydrogen-bond acceptors (Lipinski definition) is 2. The minimum atomic E-state index is -0.0814. The van der Waals surface area contributed by atoms with Gasteiger partial charge in [0.15, 0.2) is 5.96 Å². The zero-order chi connectivity index (χ0) is 8.15. The van der Waals surface area contributed by atoms with Crippen molar-refractivity contribution in [2.75, 3.05) is 6.54 Å². The maximum atomic E-state index is 10.6. The molecular formula is C6H13N3O. The molecule has 58 valence electrons. The maximum absolute atomic E-state index is 10.6. The summed E-state index contributed by atoms with van der Waals surface area (Å²) < 4.78 is 0. The van der Waals surface area contributed by atoms with Crippen molar-refractivity contribution in [2.45, 2.75) is 13.8 Å². The van der Waals surface area contributed by atoms with E-state index in [4.69, 9.17) is 11.5 Å². The van der Waals surface area contributed by atoms with Gasteiger partial charge in [-0.2, -0.15) is 0 Å². The smallest absolute Gasteiger partial charge is 0.185 e. The molecule has 0 rings (SSSR count). The summed E-state index contributed by atoms with van der Waals surface area (Å²) in [6, 6.07) is 0. The van der Waals surface area contributed by atoms with Gasteiger partial charge in [0.2, 0.25) is 0 Å². The van der Waals surface area contributed by atoms with E-state index < -0.39 is 0 Å². The Labute approximate surface area is 60.3 Å². The molecule has 0 amide bonds. The average molecular weight is 143 g/mol. The van der Waals surface area contributed by atoms with E-state index in [2.05, 4.69) is 4.99 Å². The number of Topliss-reactive ketones (excluding diaryl/α,β-unsaturated/α-hetero) is 1. The first-order chi connectivity index (χ1) is 4.54. The number of nitrogens with two attached hydrogens (primary N) is 2. The van der Waals surface area contributed by atoms with Gasteiger partial charge in [-0.1, -0.05) is 6.92 Å². The lowest BCUT2D eigenvalue weighted by atomic mass is 10.1. The second-order valence-corrected chi connectivity index (χ2v) is 2.28. The highest BCUT2D eigenvalue weighted by Crippen LogP contribution is 1.95. The summed E-state index contributed by atoms with van der Waals surface area (Å²) in [5.74, 6) is 0.0557. The summed E-state index contributed by atoms with van der Waals surface area (Å²) in [6.07, 6.45) is 0. The van der Waals surface area contributed by atoms with E-state index in [9.17, 15) is 4.79 Å². The number of aliphatic imine (C=N–C) groups is 1. The van der Waals surface area contributed by atoms with E-state index in [0.717, 1.165) is 0 Å². The predicted molar refractivity (Wildman–Crippen MR) is 40.5 cm³/mol. The minimum absolute atomic E-state index is 0.0353. The van der Waals surface area contributed by atoms with Crippen LogP contribution in [0.1, 0.15) is 13.8 Å². The van der Waals surface area contributed by atoms with Gasteiger partial charge in [-0.05, 0) is 6.92 Å². The molecule has 1 unspecified atom stereocenters. The van der Waals surface area contributed by atoms with Gasteiger partial charge in [-0.25, -0.2) is 0 Å². The van der Waals surface area contributed by atoms with Crippen LogP contribution in [0.4, 0.5) is 0 Å². The largest absolute Gasteiger partial charge is 0.370 e. The Bertz CT molecular complexity index is 149. The number of nitrogens with zero attached hydrogens (tertiary/aromatic N) is 1. The van der Waals surface area contributed by atoms with Crippen LogP contribution in [0.2, 0.25) is 0 Å². The third-order valence-electron chi connectivity index (χ3n) is 1.24. The van der Waals surface area contributed by atoms with E-state index >= 15 is 0 Å². The summed E-state index contributed by atoms with van der Waals surface area (Å²) in [5, 5.41) is 0. The van der Waals surface area contributed by atoms with E-state index in [1.54, 1.807) is 6.92 Å². The molecule has 0 saturated carbocycles. The molecule has 0 fully saturated rings. The summed E-state index contributed by atoms with van der Waals surface area (Å²) in [7, 11) is 0. The average Bonchev–Trinajstić information content (AvgIpc) is 1.82. The van der Waals surface area contributed by atoms with Crippen LogP contribution in [0, 0.1) is 5.92 Å². The van der Waals surface area contributed by atoms with Gasteiger partial charge in [0, 0.05) is 5.92 Å². The van der Waals surface area contributed by atoms with E-state index in [1.165, 1.54) is 6.92 Å². The number of ketones is 1. The molecule has 4 nitrogen and oxygen atoms in total. The number of carbonyl (C=O) groups excluding carboxylic acids is 1. The molecule has 0 heterocycles. The van der Waals surface area contributed by atoms with Crippen LogP contribution in [-0.2, 0) is 4.79 Å². The lowest BCUT2D eigenvalue weighted by Gasteiger charge is -2.01. The van der Waals surface area contributed by atoms with Crippen LogP contribution in [0.5, 0.6) is 0 Å². The van der Waals surface area contributed by atoms with Crippen LogP contribution in [-0.4, -0.2) is 18.3 Å². The number of carbonyl (C=O) groups is 1. The maximum Gasteiger partial charge on any atom is 0.185 e. The fourth-order valence-electron chi connectivity index (χ4n) is 0.371. The predicted octanol–water partition coefficient (Wildman–Crippen LogP) is -0.515. The third-order valence-corrected chi connectivity index (χ3v) is 1.24. The van der Waals surface area contributed by atoms with Crippen LogP contribution in [0.3, 0.4) is 0 Å². The lowest BCUT2D eigenvalue weighted by Crippen LogP contribution is -2.24. The second kappa shape index (κ2) is 3.87. The van der Waals surface area contributed by atoms with Gasteiger partial charge in [-0.3, -0.25) is 9.79 Å². The molecule has 4 N–H and O–H groups in total. The molecule has 1 atom stereocenters. The zero-order valence-corrected chi connectivity index (χ0v) is 6.29. The fourth-order valence-corrected chi connectivity index (χ4v) is 0.371. The normalized spacial score (nSPS) is 12.2. The standard InChI is InChI=1S/C6H13N3O/c1-4(5(2)10)3-9-6(7)8/h4H,3H2,1-2H3,(H4,7,8,9). The van der Waals surface area contributed by atoms with Gasteiger partial charge >= 0.3 is 0 Å². The Morgan fingerprint density at radius 1 is 1.60 bits per heavy atom. The lowest BCUT2D eigenvalue weighted by molar-refractivity contribution is -0.119. The highest BCUT2D eigenvalue weighted by Gasteiger charge is 2.04. The second-order valence-electron chi connectivity index (χ2n) is 2.28. The molecule has 0 aliphatic rings. The first kappa shape index (κ1) is 8.94. The molecular weight excluding hydrogens is 130 g/mol. The van der Waals surface area contributed by atoms with Gasteiger partial charge in [-0.15, -0.1) is 0 Å². The molecule has 0 bridgehead atoms. The molecule has 0 aromatic rings. The Morgan fingerprint density at radius 3 is 2.40 bits per heavy atom. The quantitative estimate of drug-likeness (QED) is 0.412. The number of hydrogen-bond donors (Lipinski definition) is 2. The first-order valence-electron chi connectivity index (χ1n) is 3.10. The molecule has 0 aliphatic carbocycles. The van der Waals surface area contributed by atoms with Gasteiger partial charge in [0.05, 0.1) is 6.54 Å². The van der Waals surface area contributed by atoms with E-state index in [1.807, 2.05) is 0 Å². The highest BCUT2D eigenvalue weighted by atomic mass is 16.1. The van der Waals surface area contributed by atoms with E-state index in [0.29, 0.717) is 6.54 Å². The van der Waals surface area contributed by atoms with Crippen LogP contribution in [0.25, 0.3) is 0 Å². The fraction of sp³-hybridized carbons (Fsp3) is 0.667. The van der Waals surface area contributed by atoms with Crippen LogP contribution < -0.4 is 11.5 Å². The number of rotatable bonds is 3. The van der Waals surface area contributed by atoms with Crippen molar-refractivity contribution in [3.8, 4) is 0 Å². The van der Waals surface area contributed by atoms with Gasteiger partial charge in [0.1, 0.15) is 5.78 Å². The summed E-state index contributed by atoms with van der Waals surface area (Å²) in [4.78, 5) is 14.3. The highest BCUT2D eigenvalue weighted by molar-refractivity contribution is 5.79. The molecule has 0 aliphatic heterocycles. The topological polar surface area (TPSA) is 81.5 Å². The van der Waals surface area contributed by atoms with Crippen LogP contribution in [0.15, 0.2) is 4.99 Å². The molecule has 0 aromatic heterocycles. The molecule has 0 spiro atoms. The monoisotopic (exact) mass is 143 g/mol. The van der Waals surface area contributed by atoms with Crippen molar-refractivity contribution in [1.82, 2.24) is 0 Å². The van der Waals surface area contributed by atoms with Crippen molar-refractivity contribution in [3.63, 3.8) is 0 Å². The summed E-state index contributed by atoms with van der Waals surface area (Å²) >= 11 is 0. The van der Waals surface area contributed by atoms with Crippen molar-refractivity contribution in [2.24, 2.45) is 22.4 Å². The number of guanidine groups is 1. The molecule has 0 aromatic carbocycles. The Balaban J connectivity index is 3.70. The Morgan fingerprint density at radius 2 is 2.10 bits per heavy atom. The first-order valence-corrected chi connectivity index (χ1v) is 3.10. The van der Waals surface area contributed by atoms with Gasteiger partial charge in [0.25, 0.3) is 0 Å². The summed E-state index contributed by atoms with van der Waals surface area (Å²) in [5.41, 5.74) is 10.1. The summed E-state index contributed by atoms with van der Waals surface area (Å²) in [6.45, 7) is 3.69. The molecule has 4 heteroatoms. The minimum Gasteiger partial charge on any atom is -0.370 e. The molecule has 10 heavy (non-hydrogen) atoms. The van der Waals surface area contributed by atoms with E-state index in [-0.39, 0.29) is 17.7 Å². The SMILES string of the molecule is CC(=O)C(C)CN=C(N)N. The van der Waals surface area contributed by atoms with Crippen LogP contribution >= 0.6 is 0 Å². The molecule has 0 saturated heterocycles. The Hall–Kier alpha value is -1.06. The Kier molecular flexibility index (Phi) is 3.46. The zero-order valence-electron chi connectivity index (χ0n) is 6.29. The third kappa shape index (κ3) is 3.88. The molecule has 0 radical (unpaired) electrons. The van der Waals surface area contributed by atoms with Crippen molar-refractivity contribution in [1.29, 1.82) is 0 Å². The van der Waals surface area contributed by atoms with Gasteiger partial charge < -0.3 is 11.5 Å². The van der Waals surface area contributed by atoms with Crippen molar-refractivity contribution in [3.05, 3.63) is 0 Å². The van der Waals surface area contributed by atoms with Crippen molar-refractivity contribution >= 4 is 11.7 Å².